The van der Waals surface area contributed by atoms with Crippen molar-refractivity contribution in [2.75, 3.05) is 6.54 Å². The van der Waals surface area contributed by atoms with Gasteiger partial charge in [-0.1, -0.05) is 24.9 Å². The van der Waals surface area contributed by atoms with E-state index in [0.29, 0.717) is 18.0 Å². The number of nitrogens with zero attached hydrogens (tertiary/aromatic N) is 2. The Morgan fingerprint density at radius 2 is 2.29 bits per heavy atom. The highest BCUT2D eigenvalue weighted by atomic mass is 35.5. The second kappa shape index (κ2) is 5.40. The largest absolute Gasteiger partial charge is 0.314 e. The SMILES string of the molecule is CCNC1CCCC1c1c(Cl)cnn1C(C)C. The van der Waals surface area contributed by atoms with E-state index >= 15 is 0 Å². The Labute approximate surface area is 109 Å². The molecule has 2 unspecified atom stereocenters. The molecular weight excluding hydrogens is 234 g/mol. The first kappa shape index (κ1) is 12.9. The summed E-state index contributed by atoms with van der Waals surface area (Å²) < 4.78 is 2.09. The van der Waals surface area contributed by atoms with Gasteiger partial charge < -0.3 is 5.32 Å². The van der Waals surface area contributed by atoms with Crippen LogP contribution < -0.4 is 5.32 Å². The zero-order valence-electron chi connectivity index (χ0n) is 10.9. The van der Waals surface area contributed by atoms with Gasteiger partial charge in [-0.05, 0) is 33.2 Å². The summed E-state index contributed by atoms with van der Waals surface area (Å²) in [6.45, 7) is 7.50. The molecule has 4 heteroatoms. The average Bonchev–Trinajstić information content (AvgIpc) is 2.85. The van der Waals surface area contributed by atoms with Crippen LogP contribution in [-0.2, 0) is 0 Å². The van der Waals surface area contributed by atoms with Gasteiger partial charge in [0.05, 0.1) is 16.9 Å². The summed E-state index contributed by atoms with van der Waals surface area (Å²) in [7, 11) is 0. The summed E-state index contributed by atoms with van der Waals surface area (Å²) >= 11 is 6.32. The van der Waals surface area contributed by atoms with E-state index in [-0.39, 0.29) is 0 Å². The number of hydrogen-bond donors (Lipinski definition) is 1. The van der Waals surface area contributed by atoms with E-state index in [0.717, 1.165) is 11.6 Å². The van der Waals surface area contributed by atoms with Crippen molar-refractivity contribution in [3.8, 4) is 0 Å². The van der Waals surface area contributed by atoms with Crippen LogP contribution in [0.2, 0.25) is 5.02 Å². The summed E-state index contributed by atoms with van der Waals surface area (Å²) in [6, 6.07) is 0.937. The van der Waals surface area contributed by atoms with E-state index in [1.165, 1.54) is 25.0 Å². The Kier molecular flexibility index (Phi) is 4.10. The van der Waals surface area contributed by atoms with Crippen molar-refractivity contribution < 1.29 is 0 Å². The highest BCUT2D eigenvalue weighted by molar-refractivity contribution is 6.31. The molecular formula is C13H22ClN3. The molecule has 17 heavy (non-hydrogen) atoms. The average molecular weight is 256 g/mol. The quantitative estimate of drug-likeness (QED) is 0.894. The van der Waals surface area contributed by atoms with Crippen molar-refractivity contribution in [1.82, 2.24) is 15.1 Å². The smallest absolute Gasteiger partial charge is 0.0821 e. The maximum Gasteiger partial charge on any atom is 0.0821 e. The molecule has 1 fully saturated rings. The van der Waals surface area contributed by atoms with Crippen LogP contribution in [0.5, 0.6) is 0 Å². The van der Waals surface area contributed by atoms with E-state index in [9.17, 15) is 0 Å². The lowest BCUT2D eigenvalue weighted by atomic mass is 9.99. The standard InChI is InChI=1S/C13H22ClN3/c1-4-15-12-7-5-6-10(12)13-11(14)8-16-17(13)9(2)3/h8-10,12,15H,4-7H2,1-3H3. The molecule has 1 aromatic heterocycles. The minimum atomic E-state index is 0.375. The monoisotopic (exact) mass is 255 g/mol. The van der Waals surface area contributed by atoms with Gasteiger partial charge in [0.15, 0.2) is 0 Å². The summed E-state index contributed by atoms with van der Waals surface area (Å²) in [6.07, 6.45) is 5.54. The van der Waals surface area contributed by atoms with Gasteiger partial charge in [0.1, 0.15) is 0 Å². The molecule has 3 nitrogen and oxygen atoms in total. The maximum absolute atomic E-state index is 6.32. The number of halogens is 1. The fourth-order valence-electron chi connectivity index (χ4n) is 2.90. The van der Waals surface area contributed by atoms with Crippen LogP contribution in [0.25, 0.3) is 0 Å². The molecule has 1 aliphatic carbocycles. The molecule has 1 aliphatic rings. The summed E-state index contributed by atoms with van der Waals surface area (Å²) in [5, 5.41) is 8.82. The van der Waals surface area contributed by atoms with Crippen molar-refractivity contribution in [1.29, 1.82) is 0 Å². The maximum atomic E-state index is 6.32. The molecule has 0 aliphatic heterocycles. The second-order valence-electron chi connectivity index (χ2n) is 5.12. The van der Waals surface area contributed by atoms with Crippen molar-refractivity contribution in [2.45, 2.75) is 58.0 Å². The molecule has 1 saturated carbocycles. The minimum Gasteiger partial charge on any atom is -0.314 e. The number of likely N-dealkylation sites (N-methyl/N-ethyl adjacent to an activating group) is 1. The van der Waals surface area contributed by atoms with Gasteiger partial charge in [-0.25, -0.2) is 0 Å². The van der Waals surface area contributed by atoms with Gasteiger partial charge >= 0.3 is 0 Å². The Morgan fingerprint density at radius 3 is 2.94 bits per heavy atom. The predicted octanol–water partition coefficient (Wildman–Crippen LogP) is 3.36. The molecule has 1 heterocycles. The van der Waals surface area contributed by atoms with Crippen LogP contribution in [0.4, 0.5) is 0 Å². The van der Waals surface area contributed by atoms with Gasteiger partial charge in [-0.2, -0.15) is 5.10 Å². The van der Waals surface area contributed by atoms with Crippen molar-refractivity contribution in [3.05, 3.63) is 16.9 Å². The number of rotatable bonds is 4. The molecule has 96 valence electrons. The van der Waals surface area contributed by atoms with Crippen LogP contribution in [0.3, 0.4) is 0 Å². The van der Waals surface area contributed by atoms with E-state index in [1.54, 1.807) is 6.20 Å². The first-order chi connectivity index (χ1) is 8.15. The molecule has 1 aromatic rings. The Balaban J connectivity index is 2.29. The van der Waals surface area contributed by atoms with E-state index in [1.807, 2.05) is 0 Å². The third kappa shape index (κ3) is 2.50. The summed E-state index contributed by atoms with van der Waals surface area (Å²) in [5.74, 6) is 0.521. The summed E-state index contributed by atoms with van der Waals surface area (Å²) in [4.78, 5) is 0. The molecule has 2 rings (SSSR count). The molecule has 0 saturated heterocycles. The third-order valence-electron chi connectivity index (χ3n) is 3.61. The van der Waals surface area contributed by atoms with Crippen LogP contribution in [-0.4, -0.2) is 22.4 Å². The first-order valence-electron chi connectivity index (χ1n) is 6.61. The van der Waals surface area contributed by atoms with Crippen molar-refractivity contribution in [2.24, 2.45) is 0 Å². The topological polar surface area (TPSA) is 29.9 Å². The Bertz CT molecular complexity index is 373. The van der Waals surface area contributed by atoms with Gasteiger partial charge in [-0.3, -0.25) is 4.68 Å². The first-order valence-corrected chi connectivity index (χ1v) is 6.99. The number of aromatic nitrogens is 2. The van der Waals surface area contributed by atoms with Crippen LogP contribution in [0, 0.1) is 0 Å². The second-order valence-corrected chi connectivity index (χ2v) is 5.52. The molecule has 1 N–H and O–H groups in total. The van der Waals surface area contributed by atoms with E-state index in [4.69, 9.17) is 11.6 Å². The third-order valence-corrected chi connectivity index (χ3v) is 3.90. The van der Waals surface area contributed by atoms with Crippen LogP contribution >= 0.6 is 11.6 Å². The van der Waals surface area contributed by atoms with Gasteiger partial charge in [0, 0.05) is 18.0 Å². The van der Waals surface area contributed by atoms with Gasteiger partial charge in [0.2, 0.25) is 0 Å². The normalized spacial score (nSPS) is 24.8. The molecule has 0 bridgehead atoms. The Morgan fingerprint density at radius 1 is 1.53 bits per heavy atom. The molecule has 0 radical (unpaired) electrons. The van der Waals surface area contributed by atoms with E-state index < -0.39 is 0 Å². The lowest BCUT2D eigenvalue weighted by Gasteiger charge is -2.23. The number of hydrogen-bond acceptors (Lipinski definition) is 2. The van der Waals surface area contributed by atoms with Crippen molar-refractivity contribution >= 4 is 11.6 Å². The van der Waals surface area contributed by atoms with Crippen molar-refractivity contribution in [3.63, 3.8) is 0 Å². The molecule has 0 aromatic carbocycles. The highest BCUT2D eigenvalue weighted by Gasteiger charge is 2.32. The predicted molar refractivity (Wildman–Crippen MR) is 71.7 cm³/mol. The van der Waals surface area contributed by atoms with E-state index in [2.05, 4.69) is 35.9 Å². The highest BCUT2D eigenvalue weighted by Crippen LogP contribution is 2.38. The molecule has 2 atom stereocenters. The lowest BCUT2D eigenvalue weighted by molar-refractivity contribution is 0.436. The zero-order valence-corrected chi connectivity index (χ0v) is 11.7. The van der Waals surface area contributed by atoms with Crippen LogP contribution in [0.1, 0.15) is 57.7 Å². The molecule has 0 spiro atoms. The Hall–Kier alpha value is -0.540. The number of nitrogens with one attached hydrogen (secondary N) is 1. The van der Waals surface area contributed by atoms with Gasteiger partial charge in [-0.15, -0.1) is 0 Å². The fraction of sp³-hybridized carbons (Fsp3) is 0.769. The summed E-state index contributed by atoms with van der Waals surface area (Å²) in [5.41, 5.74) is 1.23. The minimum absolute atomic E-state index is 0.375. The van der Waals surface area contributed by atoms with Crippen LogP contribution in [0.15, 0.2) is 6.20 Å². The lowest BCUT2D eigenvalue weighted by Crippen LogP contribution is -2.32. The van der Waals surface area contributed by atoms with Gasteiger partial charge in [0.25, 0.3) is 0 Å². The zero-order chi connectivity index (χ0) is 12.4. The fourth-order valence-corrected chi connectivity index (χ4v) is 3.17. The molecule has 0 amide bonds.